The Bertz CT molecular complexity index is 330. The molecule has 2 aliphatic carbocycles. The van der Waals surface area contributed by atoms with Crippen LogP contribution in [0.1, 0.15) is 19.3 Å². The van der Waals surface area contributed by atoms with Gasteiger partial charge in [0.15, 0.2) is 0 Å². The molecule has 2 atom stereocenters. The highest BCUT2D eigenvalue weighted by atomic mass is 16.5. The van der Waals surface area contributed by atoms with Gasteiger partial charge in [0, 0.05) is 17.4 Å². The number of azide groups is 1. The van der Waals surface area contributed by atoms with Crippen molar-refractivity contribution in [1.82, 2.24) is 0 Å². The molecule has 0 bridgehead atoms. The Balaban J connectivity index is 1.78. The largest absolute Gasteiger partial charge is 0.461 e. The third-order valence-corrected chi connectivity index (χ3v) is 3.17. The summed E-state index contributed by atoms with van der Waals surface area (Å²) in [5, 5.41) is 3.42. The van der Waals surface area contributed by atoms with Crippen LogP contribution in [0.5, 0.6) is 0 Å². The van der Waals surface area contributed by atoms with Crippen molar-refractivity contribution in [3.05, 3.63) is 22.6 Å². The number of carbonyl (C=O) groups is 1. The van der Waals surface area contributed by atoms with Gasteiger partial charge in [-0.15, -0.1) is 0 Å². The minimum Gasteiger partial charge on any atom is -0.461 e. The van der Waals surface area contributed by atoms with Crippen LogP contribution in [0.3, 0.4) is 0 Å². The van der Waals surface area contributed by atoms with E-state index in [0.717, 1.165) is 19.3 Å². The molecule has 2 rings (SSSR count). The maximum Gasteiger partial charge on any atom is 0.293 e. The second kappa shape index (κ2) is 3.95. The summed E-state index contributed by atoms with van der Waals surface area (Å²) in [5.41, 5.74) is 7.93. The Labute approximate surface area is 87.7 Å². The Hall–Kier alpha value is -1.48. The molecule has 2 fully saturated rings. The minimum absolute atomic E-state index is 0.144. The summed E-state index contributed by atoms with van der Waals surface area (Å²) < 4.78 is 5.13. The van der Waals surface area contributed by atoms with E-state index < -0.39 is 0 Å². The Kier molecular flexibility index (Phi) is 2.64. The van der Waals surface area contributed by atoms with Crippen molar-refractivity contribution in [3.63, 3.8) is 0 Å². The summed E-state index contributed by atoms with van der Waals surface area (Å²) in [5.74, 6) is 0.992. The lowest BCUT2D eigenvalue weighted by atomic mass is 10.1. The molecule has 0 aliphatic heterocycles. The van der Waals surface area contributed by atoms with Crippen LogP contribution < -0.4 is 0 Å². The van der Waals surface area contributed by atoms with Crippen molar-refractivity contribution < 1.29 is 9.53 Å². The highest BCUT2D eigenvalue weighted by Crippen LogP contribution is 2.59. The van der Waals surface area contributed by atoms with E-state index in [-0.39, 0.29) is 5.60 Å². The molecule has 0 radical (unpaired) electrons. The summed E-state index contributed by atoms with van der Waals surface area (Å²) in [6.45, 7) is 0.966. The zero-order chi connectivity index (χ0) is 10.7. The van der Waals surface area contributed by atoms with Gasteiger partial charge in [-0.25, -0.2) is 0 Å². The normalized spacial score (nSPS) is 30.7. The lowest BCUT2D eigenvalue weighted by Gasteiger charge is -2.11. The number of ether oxygens (including phenoxy) is 1. The fourth-order valence-corrected chi connectivity index (χ4v) is 2.15. The first-order valence-corrected chi connectivity index (χ1v) is 5.11. The van der Waals surface area contributed by atoms with Gasteiger partial charge in [-0.3, -0.25) is 4.79 Å². The van der Waals surface area contributed by atoms with Gasteiger partial charge in [-0.2, -0.15) is 0 Å². The molecule has 0 aromatic heterocycles. The summed E-state index contributed by atoms with van der Waals surface area (Å²) in [6, 6.07) is 0. The van der Waals surface area contributed by atoms with Gasteiger partial charge >= 0.3 is 0 Å². The third-order valence-electron chi connectivity index (χ3n) is 3.17. The highest BCUT2D eigenvalue weighted by Gasteiger charge is 2.60. The van der Waals surface area contributed by atoms with Gasteiger partial charge in [0.1, 0.15) is 5.60 Å². The quantitative estimate of drug-likeness (QED) is 0.220. The van der Waals surface area contributed by atoms with Crippen LogP contribution in [-0.4, -0.2) is 18.6 Å². The van der Waals surface area contributed by atoms with E-state index in [1.165, 1.54) is 0 Å². The second-order valence-corrected chi connectivity index (χ2v) is 4.13. The van der Waals surface area contributed by atoms with Crippen molar-refractivity contribution in [2.24, 2.45) is 17.0 Å². The highest BCUT2D eigenvalue weighted by molar-refractivity contribution is 5.40. The standard InChI is InChI=1S/C10H13N3O2/c11-13-12-5-1-2-8-6-9(8)10(3-4-10)15-7-14/h1-2,7-9H,3-6H2/b2-1+. The SMILES string of the molecule is [N-]=[N+]=NC/C=C/C1CC1C1(OC=O)CC1. The lowest BCUT2D eigenvalue weighted by molar-refractivity contribution is -0.136. The van der Waals surface area contributed by atoms with Gasteiger partial charge < -0.3 is 4.74 Å². The van der Waals surface area contributed by atoms with Crippen LogP contribution in [0, 0.1) is 11.8 Å². The molecule has 80 valence electrons. The van der Waals surface area contributed by atoms with E-state index in [9.17, 15) is 4.79 Å². The van der Waals surface area contributed by atoms with Crippen LogP contribution in [0.15, 0.2) is 17.3 Å². The summed E-state index contributed by atoms with van der Waals surface area (Å²) >= 11 is 0. The predicted molar refractivity (Wildman–Crippen MR) is 53.9 cm³/mol. The molecule has 0 amide bonds. The molecular formula is C10H13N3O2. The molecule has 0 saturated heterocycles. The average Bonchev–Trinajstić information content (AvgIpc) is 3.07. The molecule has 0 N–H and O–H groups in total. The maximum atomic E-state index is 10.3. The molecule has 2 aliphatic rings. The Morgan fingerprint density at radius 2 is 2.40 bits per heavy atom. The summed E-state index contributed by atoms with van der Waals surface area (Å²) in [4.78, 5) is 13.0. The van der Waals surface area contributed by atoms with Gasteiger partial charge in [0.25, 0.3) is 6.47 Å². The number of carbonyl (C=O) groups excluding carboxylic acids is 1. The maximum absolute atomic E-state index is 10.3. The van der Waals surface area contributed by atoms with Gasteiger partial charge in [-0.1, -0.05) is 17.3 Å². The molecule has 0 spiro atoms. The van der Waals surface area contributed by atoms with Crippen LogP contribution in [0.25, 0.3) is 10.4 Å². The van der Waals surface area contributed by atoms with E-state index in [0.29, 0.717) is 24.9 Å². The molecule has 0 aromatic rings. The fourth-order valence-electron chi connectivity index (χ4n) is 2.15. The van der Waals surface area contributed by atoms with E-state index in [1.807, 2.05) is 6.08 Å². The average molecular weight is 207 g/mol. The first kappa shape index (κ1) is 10.1. The van der Waals surface area contributed by atoms with Crippen LogP contribution in [-0.2, 0) is 9.53 Å². The number of nitrogens with zero attached hydrogens (tertiary/aromatic N) is 3. The second-order valence-electron chi connectivity index (χ2n) is 4.13. The number of rotatable bonds is 6. The topological polar surface area (TPSA) is 75.1 Å². The van der Waals surface area contributed by atoms with Crippen molar-refractivity contribution in [1.29, 1.82) is 0 Å². The molecule has 2 unspecified atom stereocenters. The van der Waals surface area contributed by atoms with Gasteiger partial charge in [0.2, 0.25) is 0 Å². The van der Waals surface area contributed by atoms with Crippen molar-refractivity contribution in [3.8, 4) is 0 Å². The third kappa shape index (κ3) is 2.13. The molecular weight excluding hydrogens is 194 g/mol. The van der Waals surface area contributed by atoms with Crippen LogP contribution in [0.4, 0.5) is 0 Å². The van der Waals surface area contributed by atoms with Crippen molar-refractivity contribution >= 4 is 6.47 Å². The number of allylic oxidation sites excluding steroid dienone is 1. The smallest absolute Gasteiger partial charge is 0.293 e. The zero-order valence-electron chi connectivity index (χ0n) is 8.37. The Morgan fingerprint density at radius 3 is 3.00 bits per heavy atom. The minimum atomic E-state index is -0.144. The van der Waals surface area contributed by atoms with E-state index in [1.54, 1.807) is 0 Å². The zero-order valence-corrected chi connectivity index (χ0v) is 8.37. The van der Waals surface area contributed by atoms with Gasteiger partial charge in [-0.05, 0) is 30.7 Å². The van der Waals surface area contributed by atoms with E-state index in [2.05, 4.69) is 16.1 Å². The van der Waals surface area contributed by atoms with Crippen LogP contribution >= 0.6 is 0 Å². The Morgan fingerprint density at radius 1 is 1.60 bits per heavy atom. The number of hydrogen-bond acceptors (Lipinski definition) is 3. The number of hydrogen-bond donors (Lipinski definition) is 0. The lowest BCUT2D eigenvalue weighted by Crippen LogP contribution is -2.16. The van der Waals surface area contributed by atoms with Crippen molar-refractivity contribution in [2.45, 2.75) is 24.9 Å². The van der Waals surface area contributed by atoms with Gasteiger partial charge in [0.05, 0.1) is 0 Å². The predicted octanol–water partition coefficient (Wildman–Crippen LogP) is 2.19. The molecule has 0 heterocycles. The van der Waals surface area contributed by atoms with Crippen LogP contribution in [0.2, 0.25) is 0 Å². The van der Waals surface area contributed by atoms with E-state index >= 15 is 0 Å². The monoisotopic (exact) mass is 207 g/mol. The molecule has 15 heavy (non-hydrogen) atoms. The molecule has 5 heteroatoms. The molecule has 5 nitrogen and oxygen atoms in total. The summed E-state index contributed by atoms with van der Waals surface area (Å²) in [6.07, 6.45) is 7.02. The first-order valence-electron chi connectivity index (χ1n) is 5.11. The first-order chi connectivity index (χ1) is 7.32. The molecule has 2 saturated carbocycles. The van der Waals surface area contributed by atoms with Crippen molar-refractivity contribution in [2.75, 3.05) is 6.54 Å². The summed E-state index contributed by atoms with van der Waals surface area (Å²) in [7, 11) is 0. The molecule has 0 aromatic carbocycles. The van der Waals surface area contributed by atoms with E-state index in [4.69, 9.17) is 10.3 Å². The fraction of sp³-hybridized carbons (Fsp3) is 0.700.